The van der Waals surface area contributed by atoms with Crippen LogP contribution in [0.1, 0.15) is 23.2 Å². The molecule has 0 fully saturated rings. The molecule has 9 heteroatoms. The predicted octanol–water partition coefficient (Wildman–Crippen LogP) is 2.09. The summed E-state index contributed by atoms with van der Waals surface area (Å²) in [7, 11) is 0.909. The highest BCUT2D eigenvalue weighted by Crippen LogP contribution is 2.19. The molecule has 156 valence electrons. The maximum atomic E-state index is 12.6. The van der Waals surface area contributed by atoms with Crippen LogP contribution in [0.4, 0.5) is 5.69 Å². The van der Waals surface area contributed by atoms with Crippen LogP contribution in [-0.4, -0.2) is 52.3 Å². The van der Waals surface area contributed by atoms with Gasteiger partial charge in [0.05, 0.1) is 12.0 Å². The molecule has 2 amide bonds. The zero-order valence-electron chi connectivity index (χ0n) is 16.6. The Balaban J connectivity index is 1.84. The fraction of sp³-hybridized carbons (Fsp3) is 0.300. The first kappa shape index (κ1) is 22.4. The van der Waals surface area contributed by atoms with Crippen molar-refractivity contribution in [3.63, 3.8) is 0 Å². The lowest BCUT2D eigenvalue weighted by molar-refractivity contribution is -0.116. The van der Waals surface area contributed by atoms with Gasteiger partial charge in [0.1, 0.15) is 5.75 Å². The molecule has 0 unspecified atom stereocenters. The van der Waals surface area contributed by atoms with E-state index in [1.807, 2.05) is 0 Å². The lowest BCUT2D eigenvalue weighted by Crippen LogP contribution is -2.28. The normalized spacial score (nSPS) is 11.2. The first-order chi connectivity index (χ1) is 13.8. The number of amides is 2. The smallest absolute Gasteiger partial charge is 0.251 e. The highest BCUT2D eigenvalue weighted by atomic mass is 32.2. The molecule has 0 radical (unpaired) electrons. The van der Waals surface area contributed by atoms with E-state index in [1.54, 1.807) is 43.4 Å². The maximum absolute atomic E-state index is 12.6. The summed E-state index contributed by atoms with van der Waals surface area (Å²) in [6.45, 7) is 0.206. The fourth-order valence-corrected chi connectivity index (χ4v) is 3.79. The van der Waals surface area contributed by atoms with Gasteiger partial charge in [0.2, 0.25) is 15.9 Å². The highest BCUT2D eigenvalue weighted by molar-refractivity contribution is 7.89. The van der Waals surface area contributed by atoms with E-state index in [-0.39, 0.29) is 29.7 Å². The van der Waals surface area contributed by atoms with Crippen molar-refractivity contribution in [1.82, 2.24) is 9.62 Å². The maximum Gasteiger partial charge on any atom is 0.251 e. The Kier molecular flexibility index (Phi) is 7.74. The molecule has 2 aromatic rings. The standard InChI is InChI=1S/C20H25N3O5S/c1-21-20(25)15-6-8-16(9-7-15)22-19(24)5-4-14-23(2)29(26,27)18-12-10-17(28-3)11-13-18/h6-13H,4-5,14H2,1-3H3,(H,21,25)(H,22,24). The van der Waals surface area contributed by atoms with Gasteiger partial charge in [-0.3, -0.25) is 9.59 Å². The monoisotopic (exact) mass is 419 g/mol. The van der Waals surface area contributed by atoms with E-state index in [1.165, 1.54) is 30.6 Å². The molecule has 0 heterocycles. The van der Waals surface area contributed by atoms with Gasteiger partial charge < -0.3 is 15.4 Å². The van der Waals surface area contributed by atoms with Gasteiger partial charge in [-0.25, -0.2) is 12.7 Å². The molecule has 29 heavy (non-hydrogen) atoms. The molecule has 2 aromatic carbocycles. The summed E-state index contributed by atoms with van der Waals surface area (Å²) >= 11 is 0. The Bertz CT molecular complexity index is 941. The molecule has 0 saturated carbocycles. The third-order valence-electron chi connectivity index (χ3n) is 4.30. The van der Waals surface area contributed by atoms with Gasteiger partial charge in [-0.2, -0.15) is 0 Å². The van der Waals surface area contributed by atoms with Gasteiger partial charge in [-0.05, 0) is 55.0 Å². The number of methoxy groups -OCH3 is 1. The van der Waals surface area contributed by atoms with Crippen LogP contribution in [0.5, 0.6) is 5.75 Å². The second-order valence-corrected chi connectivity index (χ2v) is 8.36. The van der Waals surface area contributed by atoms with E-state index < -0.39 is 10.0 Å². The van der Waals surface area contributed by atoms with Crippen molar-refractivity contribution in [2.24, 2.45) is 0 Å². The van der Waals surface area contributed by atoms with Crippen molar-refractivity contribution in [3.8, 4) is 5.75 Å². The number of nitrogens with one attached hydrogen (secondary N) is 2. The summed E-state index contributed by atoms with van der Waals surface area (Å²) in [5.41, 5.74) is 1.07. The summed E-state index contributed by atoms with van der Waals surface area (Å²) in [4.78, 5) is 23.8. The van der Waals surface area contributed by atoms with Gasteiger partial charge in [0, 0.05) is 38.3 Å². The van der Waals surface area contributed by atoms with E-state index in [2.05, 4.69) is 10.6 Å². The summed E-state index contributed by atoms with van der Waals surface area (Å²) < 4.78 is 31.4. The third-order valence-corrected chi connectivity index (χ3v) is 6.17. The number of carbonyl (C=O) groups excluding carboxylic acids is 2. The van der Waals surface area contributed by atoms with Crippen LogP contribution in [0.2, 0.25) is 0 Å². The second kappa shape index (κ2) is 10.0. The molecule has 0 aliphatic carbocycles. The van der Waals surface area contributed by atoms with Crippen molar-refractivity contribution in [2.45, 2.75) is 17.7 Å². The lowest BCUT2D eigenvalue weighted by atomic mass is 10.2. The van der Waals surface area contributed by atoms with Crippen LogP contribution in [0.25, 0.3) is 0 Å². The van der Waals surface area contributed by atoms with Crippen molar-refractivity contribution in [2.75, 3.05) is 33.1 Å². The average molecular weight is 420 g/mol. The molecule has 0 bridgehead atoms. The molecule has 2 rings (SSSR count). The number of nitrogens with zero attached hydrogens (tertiary/aromatic N) is 1. The number of anilines is 1. The SMILES string of the molecule is CNC(=O)c1ccc(NC(=O)CCCN(C)S(=O)(=O)c2ccc(OC)cc2)cc1. The number of sulfonamides is 1. The zero-order valence-corrected chi connectivity index (χ0v) is 17.5. The first-order valence-corrected chi connectivity index (χ1v) is 10.4. The van der Waals surface area contributed by atoms with Gasteiger partial charge in [-0.1, -0.05) is 0 Å². The minimum atomic E-state index is -3.63. The Labute approximate surface area is 170 Å². The number of hydrogen-bond donors (Lipinski definition) is 2. The van der Waals surface area contributed by atoms with Crippen LogP contribution in [0, 0.1) is 0 Å². The zero-order chi connectivity index (χ0) is 21.4. The number of carbonyl (C=O) groups is 2. The Morgan fingerprint density at radius 2 is 1.66 bits per heavy atom. The number of ether oxygens (including phenoxy) is 1. The Morgan fingerprint density at radius 1 is 1.03 bits per heavy atom. The number of hydrogen-bond acceptors (Lipinski definition) is 5. The van der Waals surface area contributed by atoms with Crippen molar-refractivity contribution >= 4 is 27.5 Å². The summed E-state index contributed by atoms with van der Waals surface area (Å²) in [6, 6.07) is 12.7. The second-order valence-electron chi connectivity index (χ2n) is 6.31. The average Bonchev–Trinajstić information content (AvgIpc) is 2.73. The van der Waals surface area contributed by atoms with Gasteiger partial charge in [-0.15, -0.1) is 0 Å². The van der Waals surface area contributed by atoms with Crippen molar-refractivity contribution in [3.05, 3.63) is 54.1 Å². The summed E-state index contributed by atoms with van der Waals surface area (Å²) in [5, 5.41) is 5.25. The molecular weight excluding hydrogens is 394 g/mol. The molecule has 0 saturated heterocycles. The lowest BCUT2D eigenvalue weighted by Gasteiger charge is -2.17. The molecule has 2 N–H and O–H groups in total. The molecule has 0 aliphatic heterocycles. The van der Waals surface area contributed by atoms with E-state index in [9.17, 15) is 18.0 Å². The molecule has 0 spiro atoms. The molecule has 0 atom stereocenters. The van der Waals surface area contributed by atoms with Gasteiger partial charge in [0.25, 0.3) is 5.91 Å². The van der Waals surface area contributed by atoms with Gasteiger partial charge in [0.15, 0.2) is 0 Å². The number of rotatable bonds is 9. The summed E-state index contributed by atoms with van der Waals surface area (Å²) in [5.74, 6) is 0.142. The van der Waals surface area contributed by atoms with E-state index in [0.29, 0.717) is 23.4 Å². The van der Waals surface area contributed by atoms with E-state index in [0.717, 1.165) is 0 Å². The van der Waals surface area contributed by atoms with Crippen molar-refractivity contribution in [1.29, 1.82) is 0 Å². The molecule has 0 aliphatic rings. The largest absolute Gasteiger partial charge is 0.497 e. The Morgan fingerprint density at radius 3 is 2.21 bits per heavy atom. The van der Waals surface area contributed by atoms with Gasteiger partial charge >= 0.3 is 0 Å². The molecular formula is C20H25N3O5S. The highest BCUT2D eigenvalue weighted by Gasteiger charge is 2.20. The van der Waals surface area contributed by atoms with E-state index >= 15 is 0 Å². The van der Waals surface area contributed by atoms with Crippen molar-refractivity contribution < 1.29 is 22.7 Å². The van der Waals surface area contributed by atoms with Crippen LogP contribution in [0.3, 0.4) is 0 Å². The fourth-order valence-electron chi connectivity index (χ4n) is 2.58. The quantitative estimate of drug-likeness (QED) is 0.648. The number of benzene rings is 2. The minimum absolute atomic E-state index is 0.166. The minimum Gasteiger partial charge on any atom is -0.497 e. The first-order valence-electron chi connectivity index (χ1n) is 9.00. The third kappa shape index (κ3) is 6.03. The molecule has 0 aromatic heterocycles. The predicted molar refractivity (Wildman–Crippen MR) is 111 cm³/mol. The topological polar surface area (TPSA) is 105 Å². The van der Waals surface area contributed by atoms with Crippen LogP contribution in [-0.2, 0) is 14.8 Å². The summed E-state index contributed by atoms with van der Waals surface area (Å²) in [6.07, 6.45) is 0.535. The van der Waals surface area contributed by atoms with Crippen LogP contribution in [0.15, 0.2) is 53.4 Å². The van der Waals surface area contributed by atoms with Crippen LogP contribution >= 0.6 is 0 Å². The molecule has 8 nitrogen and oxygen atoms in total. The van der Waals surface area contributed by atoms with E-state index in [4.69, 9.17) is 4.74 Å². The Hall–Kier alpha value is -2.91. The van der Waals surface area contributed by atoms with Crippen LogP contribution < -0.4 is 15.4 Å².